The highest BCUT2D eigenvalue weighted by molar-refractivity contribution is 6.01. The first-order valence-corrected chi connectivity index (χ1v) is 16.0. The summed E-state index contributed by atoms with van der Waals surface area (Å²) in [6, 6.07) is 0. The normalized spacial score (nSPS) is 47.8. The number of nitrogens with zero attached hydrogens (tertiary/aromatic N) is 1. The summed E-state index contributed by atoms with van der Waals surface area (Å²) in [6.07, 6.45) is 13.1. The van der Waals surface area contributed by atoms with Gasteiger partial charge in [-0.3, -0.25) is 14.5 Å². The minimum Gasteiger partial charge on any atom is -0.393 e. The first-order chi connectivity index (χ1) is 19.2. The van der Waals surface area contributed by atoms with Gasteiger partial charge < -0.3 is 14.6 Å². The van der Waals surface area contributed by atoms with Crippen LogP contribution in [0.25, 0.3) is 0 Å². The van der Waals surface area contributed by atoms with Crippen LogP contribution in [-0.4, -0.2) is 71.5 Å². The first kappa shape index (κ1) is 27.4. The van der Waals surface area contributed by atoms with Crippen LogP contribution < -0.4 is 0 Å². The van der Waals surface area contributed by atoms with Crippen molar-refractivity contribution < 1.29 is 28.6 Å². The number of Topliss-reactive ketones (excluding diaryl/α,β-unsaturated/α-hetero) is 1. The Hall–Kier alpha value is -1.41. The Bertz CT molecular complexity index is 1110. The summed E-state index contributed by atoms with van der Waals surface area (Å²) in [5.74, 6) is 0.803. The molecule has 40 heavy (non-hydrogen) atoms. The topological polar surface area (TPSA) is 76.1 Å². The van der Waals surface area contributed by atoms with Gasteiger partial charge in [-0.1, -0.05) is 44.8 Å². The van der Waals surface area contributed by atoms with Crippen LogP contribution >= 0.6 is 0 Å². The number of piperidine rings is 1. The van der Waals surface area contributed by atoms with E-state index in [0.717, 1.165) is 37.7 Å². The molecule has 5 aliphatic carbocycles. The largest absolute Gasteiger partial charge is 0.393 e. The molecule has 2 heterocycles. The summed E-state index contributed by atoms with van der Waals surface area (Å²) in [4.78, 5) is 28.9. The Kier molecular flexibility index (Phi) is 6.73. The summed E-state index contributed by atoms with van der Waals surface area (Å²) in [7, 11) is 0. The van der Waals surface area contributed by atoms with E-state index >= 15 is 0 Å². The first-order valence-electron chi connectivity index (χ1n) is 16.0. The Balaban J connectivity index is 1.23. The molecule has 2 aliphatic heterocycles. The lowest BCUT2D eigenvalue weighted by Crippen LogP contribution is -2.64. The zero-order valence-electron chi connectivity index (χ0n) is 24.2. The average Bonchev–Trinajstić information content (AvgIpc) is 3.44. The van der Waals surface area contributed by atoms with Crippen LogP contribution in [0.2, 0.25) is 0 Å². The summed E-state index contributed by atoms with van der Waals surface area (Å²) in [5.41, 5.74) is -0.861. The van der Waals surface area contributed by atoms with Gasteiger partial charge in [-0.05, 0) is 75.4 Å². The van der Waals surface area contributed by atoms with E-state index in [1.54, 1.807) is 12.2 Å². The molecule has 0 aromatic heterocycles. The number of carbonyl (C=O) groups is 2. The van der Waals surface area contributed by atoms with Crippen molar-refractivity contribution in [2.75, 3.05) is 19.6 Å². The number of hydrogen-bond donors (Lipinski definition) is 1. The van der Waals surface area contributed by atoms with Gasteiger partial charge in [-0.25, -0.2) is 4.39 Å². The highest BCUT2D eigenvalue weighted by Gasteiger charge is 2.76. The van der Waals surface area contributed by atoms with Crippen LogP contribution in [0.1, 0.15) is 84.5 Å². The number of likely N-dealkylation sites (tertiary alicyclic amines) is 1. The van der Waals surface area contributed by atoms with E-state index in [9.17, 15) is 19.1 Å². The minimum atomic E-state index is -1.09. The molecule has 9 atom stereocenters. The molecule has 0 bridgehead atoms. The van der Waals surface area contributed by atoms with Crippen molar-refractivity contribution >= 4 is 11.6 Å². The third kappa shape index (κ3) is 3.93. The lowest BCUT2D eigenvalue weighted by Gasteiger charge is -2.60. The van der Waals surface area contributed by atoms with Crippen molar-refractivity contribution in [2.45, 2.75) is 115 Å². The van der Waals surface area contributed by atoms with E-state index in [4.69, 9.17) is 9.47 Å². The van der Waals surface area contributed by atoms with Gasteiger partial charge in [0.15, 0.2) is 23.5 Å². The van der Waals surface area contributed by atoms with E-state index in [-0.39, 0.29) is 53.7 Å². The van der Waals surface area contributed by atoms with E-state index in [0.29, 0.717) is 38.3 Å². The highest BCUT2D eigenvalue weighted by atomic mass is 19.1. The molecule has 6 fully saturated rings. The molecule has 0 aromatic rings. The fourth-order valence-electron chi connectivity index (χ4n) is 10.6. The molecule has 6 nitrogen and oxygen atoms in total. The smallest absolute Gasteiger partial charge is 0.181 e. The Morgan fingerprint density at radius 2 is 1.88 bits per heavy atom. The van der Waals surface area contributed by atoms with Crippen molar-refractivity contribution in [2.24, 2.45) is 34.5 Å². The molecule has 7 aliphatic rings. The standard InChI is InChI=1S/C33H46FNO5/c1-31-13-10-23(36)16-21(31)8-9-24-25-17-28-33(32(25,2)18-26(37)29(24)31,27(38)19-35-14-11-22(34)12-15-35)40-30(39-28)20-6-4-3-5-7-20/h10,13,16,20,22,24-26,28-30,37H,3-9,11-12,14-15,17-19H2,1-2H3/t24-,25-,26-,28-,29+,30+,31-,32-,33+/m0/s1. The van der Waals surface area contributed by atoms with E-state index < -0.39 is 23.3 Å². The summed E-state index contributed by atoms with van der Waals surface area (Å²) < 4.78 is 27.7. The molecule has 0 aromatic carbocycles. The Morgan fingerprint density at radius 1 is 1.12 bits per heavy atom. The highest BCUT2D eigenvalue weighted by Crippen LogP contribution is 2.70. The number of alkyl halides is 1. The van der Waals surface area contributed by atoms with Crippen LogP contribution in [0.15, 0.2) is 23.8 Å². The molecule has 0 amide bonds. The lowest BCUT2D eigenvalue weighted by atomic mass is 9.46. The number of aliphatic hydroxyl groups excluding tert-OH is 1. The van der Waals surface area contributed by atoms with Crippen LogP contribution in [0, 0.1) is 34.5 Å². The van der Waals surface area contributed by atoms with Crippen molar-refractivity contribution in [3.05, 3.63) is 23.8 Å². The quantitative estimate of drug-likeness (QED) is 0.530. The van der Waals surface area contributed by atoms with Crippen molar-refractivity contribution in [1.82, 2.24) is 4.90 Å². The van der Waals surface area contributed by atoms with Crippen LogP contribution in [0.3, 0.4) is 0 Å². The van der Waals surface area contributed by atoms with Gasteiger partial charge in [0.2, 0.25) is 0 Å². The number of fused-ring (bicyclic) bond motifs is 7. The van der Waals surface area contributed by atoms with Gasteiger partial charge in [0.1, 0.15) is 6.17 Å². The fraction of sp³-hybridized carbons (Fsp3) is 0.818. The summed E-state index contributed by atoms with van der Waals surface area (Å²) in [6.45, 7) is 5.82. The number of aliphatic hydroxyl groups is 1. The maximum atomic E-state index is 14.6. The number of allylic oxidation sites excluding steroid dienone is 4. The average molecular weight is 556 g/mol. The molecule has 220 valence electrons. The number of carbonyl (C=O) groups excluding carboxylic acids is 2. The van der Waals surface area contributed by atoms with Crippen LogP contribution in [0.4, 0.5) is 4.39 Å². The predicted octanol–water partition coefficient (Wildman–Crippen LogP) is 4.94. The fourth-order valence-corrected chi connectivity index (χ4v) is 10.6. The molecule has 0 radical (unpaired) electrons. The second-order valence-corrected chi connectivity index (χ2v) is 14.6. The number of ether oxygens (including phenoxy) is 2. The maximum absolute atomic E-state index is 14.6. The van der Waals surface area contributed by atoms with Crippen molar-refractivity contribution in [3.8, 4) is 0 Å². The Labute approximate surface area is 237 Å². The molecule has 7 heteroatoms. The zero-order valence-corrected chi connectivity index (χ0v) is 24.2. The number of rotatable bonds is 4. The zero-order chi connectivity index (χ0) is 27.9. The lowest BCUT2D eigenvalue weighted by molar-refractivity contribution is -0.209. The van der Waals surface area contributed by atoms with Crippen molar-refractivity contribution in [1.29, 1.82) is 0 Å². The molecule has 4 saturated carbocycles. The van der Waals surface area contributed by atoms with Gasteiger partial charge >= 0.3 is 0 Å². The molecular formula is C33H46FNO5. The maximum Gasteiger partial charge on any atom is 0.181 e. The van der Waals surface area contributed by atoms with Gasteiger partial charge in [-0.2, -0.15) is 0 Å². The van der Waals surface area contributed by atoms with Gasteiger partial charge in [0, 0.05) is 35.8 Å². The molecule has 0 spiro atoms. The van der Waals surface area contributed by atoms with Gasteiger partial charge in [0.05, 0.1) is 18.8 Å². The number of halogens is 1. The molecular weight excluding hydrogens is 509 g/mol. The SMILES string of the molecule is C[C@]12C=CC(=O)C=C1CC[C@@H]1[C@@H]2[C@@H](O)C[C@@]2(C)[C@H]1C[C@@H]1O[C@@H](C3CCCCC3)O[C@]12C(=O)CN1CCC(F)CC1. The van der Waals surface area contributed by atoms with E-state index in [1.165, 1.54) is 19.3 Å². The monoisotopic (exact) mass is 555 g/mol. The van der Waals surface area contributed by atoms with Crippen molar-refractivity contribution in [3.63, 3.8) is 0 Å². The van der Waals surface area contributed by atoms with Gasteiger partial charge in [0.25, 0.3) is 0 Å². The number of ketones is 2. The molecule has 2 saturated heterocycles. The van der Waals surface area contributed by atoms with Gasteiger partial charge in [-0.15, -0.1) is 0 Å². The van der Waals surface area contributed by atoms with Crippen LogP contribution in [-0.2, 0) is 19.1 Å². The second kappa shape index (κ2) is 9.82. The Morgan fingerprint density at radius 3 is 2.62 bits per heavy atom. The third-order valence-corrected chi connectivity index (χ3v) is 12.6. The minimum absolute atomic E-state index is 0.00127. The second-order valence-electron chi connectivity index (χ2n) is 14.6. The summed E-state index contributed by atoms with van der Waals surface area (Å²) >= 11 is 0. The summed E-state index contributed by atoms with van der Waals surface area (Å²) in [5, 5.41) is 12.0. The molecule has 7 rings (SSSR count). The predicted molar refractivity (Wildman–Crippen MR) is 148 cm³/mol. The molecule has 1 N–H and O–H groups in total. The van der Waals surface area contributed by atoms with E-state index in [1.807, 2.05) is 6.08 Å². The number of hydrogen-bond acceptors (Lipinski definition) is 6. The van der Waals surface area contributed by atoms with E-state index in [2.05, 4.69) is 18.7 Å². The third-order valence-electron chi connectivity index (χ3n) is 12.6. The van der Waals surface area contributed by atoms with Crippen LogP contribution in [0.5, 0.6) is 0 Å². The molecule has 0 unspecified atom stereocenters.